The summed E-state index contributed by atoms with van der Waals surface area (Å²) in [6.07, 6.45) is 5.45. The normalized spacial score (nSPS) is 10.3. The van der Waals surface area contributed by atoms with Crippen LogP contribution in [0.15, 0.2) is 43.0 Å². The molecule has 0 saturated heterocycles. The van der Waals surface area contributed by atoms with E-state index < -0.39 is 0 Å². The highest BCUT2D eigenvalue weighted by atomic mass is 16.5. The lowest BCUT2D eigenvalue weighted by atomic mass is 10.2. The fraction of sp³-hybridized carbons (Fsp3) is 0.250. The molecule has 0 bridgehead atoms. The molecule has 0 aliphatic heterocycles. The van der Waals surface area contributed by atoms with Crippen molar-refractivity contribution in [3.63, 3.8) is 0 Å². The fourth-order valence-corrected chi connectivity index (χ4v) is 1.45. The molecule has 0 fully saturated rings. The topological polar surface area (TPSA) is 53.1 Å². The van der Waals surface area contributed by atoms with Gasteiger partial charge in [0.1, 0.15) is 12.4 Å². The van der Waals surface area contributed by atoms with E-state index in [1.54, 1.807) is 12.5 Å². The summed E-state index contributed by atoms with van der Waals surface area (Å²) in [6.45, 7) is 1.97. The fourth-order valence-electron chi connectivity index (χ4n) is 1.45. The van der Waals surface area contributed by atoms with Crippen LogP contribution in [0.3, 0.4) is 0 Å². The maximum atomic E-state index is 5.62. The predicted octanol–water partition coefficient (Wildman–Crippen LogP) is 1.42. The number of hydrogen-bond donors (Lipinski definition) is 1. The van der Waals surface area contributed by atoms with Gasteiger partial charge >= 0.3 is 0 Å². The zero-order valence-corrected chi connectivity index (χ0v) is 9.04. The maximum absolute atomic E-state index is 5.62. The Bertz CT molecular complexity index is 426. The van der Waals surface area contributed by atoms with Crippen LogP contribution in [-0.2, 0) is 13.1 Å². The molecule has 0 spiro atoms. The summed E-state index contributed by atoms with van der Waals surface area (Å²) in [7, 11) is 0. The number of aromatic nitrogens is 2. The molecule has 1 aromatic carbocycles. The second-order valence-corrected chi connectivity index (χ2v) is 3.50. The zero-order chi connectivity index (χ0) is 11.2. The van der Waals surface area contributed by atoms with Crippen LogP contribution < -0.4 is 10.5 Å². The van der Waals surface area contributed by atoms with E-state index in [4.69, 9.17) is 10.5 Å². The van der Waals surface area contributed by atoms with E-state index in [1.807, 2.05) is 35.0 Å². The second kappa shape index (κ2) is 5.32. The Morgan fingerprint density at radius 2 is 2.31 bits per heavy atom. The lowest BCUT2D eigenvalue weighted by molar-refractivity contribution is 0.298. The molecule has 2 aromatic rings. The third-order valence-electron chi connectivity index (χ3n) is 2.31. The molecule has 2 rings (SSSR count). The molecule has 1 aromatic heterocycles. The van der Waals surface area contributed by atoms with Crippen molar-refractivity contribution >= 4 is 0 Å². The van der Waals surface area contributed by atoms with E-state index in [2.05, 4.69) is 4.98 Å². The van der Waals surface area contributed by atoms with E-state index >= 15 is 0 Å². The van der Waals surface area contributed by atoms with Gasteiger partial charge in [-0.15, -0.1) is 0 Å². The average molecular weight is 217 g/mol. The summed E-state index contributed by atoms with van der Waals surface area (Å²) in [4.78, 5) is 3.97. The Balaban J connectivity index is 1.85. The van der Waals surface area contributed by atoms with Gasteiger partial charge in [0, 0.05) is 18.9 Å². The van der Waals surface area contributed by atoms with Gasteiger partial charge < -0.3 is 15.0 Å². The molecule has 16 heavy (non-hydrogen) atoms. The SMILES string of the molecule is NCc1cccc(OCCn2ccnc2)c1. The van der Waals surface area contributed by atoms with Crippen LogP contribution in [0, 0.1) is 0 Å². The van der Waals surface area contributed by atoms with Gasteiger partial charge in [-0.05, 0) is 17.7 Å². The molecule has 4 nitrogen and oxygen atoms in total. The number of nitrogens with two attached hydrogens (primary N) is 1. The maximum Gasteiger partial charge on any atom is 0.119 e. The van der Waals surface area contributed by atoms with Crippen molar-refractivity contribution in [1.82, 2.24) is 9.55 Å². The summed E-state index contributed by atoms with van der Waals surface area (Å²) >= 11 is 0. The van der Waals surface area contributed by atoms with E-state index in [9.17, 15) is 0 Å². The Morgan fingerprint density at radius 3 is 3.06 bits per heavy atom. The molecule has 0 atom stereocenters. The summed E-state index contributed by atoms with van der Waals surface area (Å²) in [5.74, 6) is 0.864. The summed E-state index contributed by atoms with van der Waals surface area (Å²) in [6, 6.07) is 7.85. The number of imidazole rings is 1. The lowest BCUT2D eigenvalue weighted by Crippen LogP contribution is -2.06. The number of nitrogens with zero attached hydrogens (tertiary/aromatic N) is 2. The lowest BCUT2D eigenvalue weighted by Gasteiger charge is -2.07. The minimum absolute atomic E-state index is 0.540. The summed E-state index contributed by atoms with van der Waals surface area (Å²) < 4.78 is 7.60. The first-order valence-corrected chi connectivity index (χ1v) is 5.26. The molecule has 4 heteroatoms. The average Bonchev–Trinajstić information content (AvgIpc) is 2.82. The largest absolute Gasteiger partial charge is 0.492 e. The van der Waals surface area contributed by atoms with Gasteiger partial charge in [-0.25, -0.2) is 4.98 Å². The number of hydrogen-bond acceptors (Lipinski definition) is 3. The Morgan fingerprint density at radius 1 is 1.38 bits per heavy atom. The van der Waals surface area contributed by atoms with Gasteiger partial charge in [-0.3, -0.25) is 0 Å². The first kappa shape index (κ1) is 10.7. The quantitative estimate of drug-likeness (QED) is 0.824. The van der Waals surface area contributed by atoms with E-state index in [0.29, 0.717) is 13.2 Å². The van der Waals surface area contributed by atoms with Crippen molar-refractivity contribution in [2.24, 2.45) is 5.73 Å². The summed E-state index contributed by atoms with van der Waals surface area (Å²) in [5.41, 5.74) is 6.64. The van der Waals surface area contributed by atoms with Crippen LogP contribution in [0.5, 0.6) is 5.75 Å². The highest BCUT2D eigenvalue weighted by Crippen LogP contribution is 2.12. The molecule has 0 saturated carbocycles. The van der Waals surface area contributed by atoms with Crippen LogP contribution in [0.4, 0.5) is 0 Å². The first-order valence-electron chi connectivity index (χ1n) is 5.26. The van der Waals surface area contributed by atoms with Crippen LogP contribution in [-0.4, -0.2) is 16.2 Å². The molecule has 84 valence electrons. The van der Waals surface area contributed by atoms with Crippen LogP contribution in [0.2, 0.25) is 0 Å². The third kappa shape index (κ3) is 2.84. The van der Waals surface area contributed by atoms with Crippen LogP contribution in [0.1, 0.15) is 5.56 Å². The van der Waals surface area contributed by atoms with Gasteiger partial charge in [0.15, 0.2) is 0 Å². The summed E-state index contributed by atoms with van der Waals surface area (Å²) in [5, 5.41) is 0. The monoisotopic (exact) mass is 217 g/mol. The van der Waals surface area contributed by atoms with Crippen molar-refractivity contribution in [2.45, 2.75) is 13.1 Å². The van der Waals surface area contributed by atoms with E-state index in [-0.39, 0.29) is 0 Å². The minimum Gasteiger partial charge on any atom is -0.492 e. The molecule has 1 heterocycles. The van der Waals surface area contributed by atoms with Crippen molar-refractivity contribution < 1.29 is 4.74 Å². The third-order valence-corrected chi connectivity index (χ3v) is 2.31. The standard InChI is InChI=1S/C12H15N3O/c13-9-11-2-1-3-12(8-11)16-7-6-15-5-4-14-10-15/h1-5,8,10H,6-7,9,13H2. The molecule has 2 N–H and O–H groups in total. The Kier molecular flexibility index (Phi) is 3.56. The number of rotatable bonds is 5. The predicted molar refractivity (Wildman–Crippen MR) is 62.1 cm³/mol. The van der Waals surface area contributed by atoms with Crippen molar-refractivity contribution in [3.8, 4) is 5.75 Å². The molecule has 0 radical (unpaired) electrons. The molecular weight excluding hydrogens is 202 g/mol. The molecule has 0 amide bonds. The number of ether oxygens (including phenoxy) is 1. The van der Waals surface area contributed by atoms with Gasteiger partial charge in [0.05, 0.1) is 12.9 Å². The first-order chi connectivity index (χ1) is 7.88. The molecule has 0 unspecified atom stereocenters. The molecule has 0 aliphatic rings. The van der Waals surface area contributed by atoms with Crippen molar-refractivity contribution in [3.05, 3.63) is 48.5 Å². The molecular formula is C12H15N3O. The van der Waals surface area contributed by atoms with Gasteiger partial charge in [-0.1, -0.05) is 12.1 Å². The van der Waals surface area contributed by atoms with Gasteiger partial charge in [0.25, 0.3) is 0 Å². The highest BCUT2D eigenvalue weighted by Gasteiger charge is 1.96. The zero-order valence-electron chi connectivity index (χ0n) is 9.04. The van der Waals surface area contributed by atoms with Crippen molar-refractivity contribution in [1.29, 1.82) is 0 Å². The Hall–Kier alpha value is -1.81. The van der Waals surface area contributed by atoms with Gasteiger partial charge in [-0.2, -0.15) is 0 Å². The second-order valence-electron chi connectivity index (χ2n) is 3.50. The Labute approximate surface area is 94.7 Å². The van der Waals surface area contributed by atoms with Gasteiger partial charge in [0.2, 0.25) is 0 Å². The minimum atomic E-state index is 0.540. The van der Waals surface area contributed by atoms with E-state index in [1.165, 1.54) is 0 Å². The molecule has 0 aliphatic carbocycles. The van der Waals surface area contributed by atoms with Crippen LogP contribution >= 0.6 is 0 Å². The number of benzene rings is 1. The van der Waals surface area contributed by atoms with E-state index in [0.717, 1.165) is 17.9 Å². The van der Waals surface area contributed by atoms with Crippen molar-refractivity contribution in [2.75, 3.05) is 6.61 Å². The van der Waals surface area contributed by atoms with Crippen LogP contribution in [0.25, 0.3) is 0 Å². The highest BCUT2D eigenvalue weighted by molar-refractivity contribution is 5.28. The smallest absolute Gasteiger partial charge is 0.119 e.